The molecule has 28 heavy (non-hydrogen) atoms. The molecule has 3 rings (SSSR count). The lowest BCUT2D eigenvalue weighted by Crippen LogP contribution is -2.13. The first-order valence-electron chi connectivity index (χ1n) is 10.6. The lowest BCUT2D eigenvalue weighted by molar-refractivity contribution is 0.303. The number of halogens is 2. The van der Waals surface area contributed by atoms with Crippen LogP contribution in [0.3, 0.4) is 0 Å². The molecule has 1 fully saturated rings. The Morgan fingerprint density at radius 1 is 0.929 bits per heavy atom. The Labute approximate surface area is 168 Å². The Bertz CT molecular complexity index is 694. The second kappa shape index (κ2) is 11.9. The third-order valence-corrected chi connectivity index (χ3v) is 5.57. The van der Waals surface area contributed by atoms with Gasteiger partial charge in [0.1, 0.15) is 0 Å². The van der Waals surface area contributed by atoms with Gasteiger partial charge in [0, 0.05) is 12.2 Å². The van der Waals surface area contributed by atoms with Crippen molar-refractivity contribution in [1.82, 2.24) is 4.98 Å². The quantitative estimate of drug-likeness (QED) is 0.431. The van der Waals surface area contributed by atoms with Crippen molar-refractivity contribution >= 4 is 0 Å². The molecule has 1 aromatic carbocycles. The summed E-state index contributed by atoms with van der Waals surface area (Å²) < 4.78 is 26.8. The Kier molecular flexibility index (Phi) is 9.56. The number of rotatable bonds is 6. The highest BCUT2D eigenvalue weighted by molar-refractivity contribution is 5.63. The van der Waals surface area contributed by atoms with Crippen LogP contribution in [0, 0.1) is 17.8 Å². The summed E-state index contributed by atoms with van der Waals surface area (Å²) in [6, 6.07) is 10.7. The first-order valence-corrected chi connectivity index (χ1v) is 10.6. The zero-order valence-corrected chi connectivity index (χ0v) is 17.1. The van der Waals surface area contributed by atoms with Crippen LogP contribution < -0.4 is 0 Å². The number of unbranched alkanes of at least 4 members (excludes halogenated alkanes) is 2. The standard InChI is InChI=1S/C22H27F2N.C2H6O/c1-2-3-4-5-16-6-8-17(9-7-16)18-10-12-19(13-11-18)20-14-15-21(23)25-22(20)24;1-2-3/h10-17H,2-9H2,1H3;3H,2H2,1H3/t16-,17-;. The van der Waals surface area contributed by atoms with Crippen LogP contribution in [0.2, 0.25) is 0 Å². The van der Waals surface area contributed by atoms with Crippen molar-refractivity contribution in [2.45, 2.75) is 71.1 Å². The summed E-state index contributed by atoms with van der Waals surface area (Å²) in [6.45, 7) is 4.19. The highest BCUT2D eigenvalue weighted by Gasteiger charge is 2.22. The number of nitrogens with zero attached hydrogens (tertiary/aromatic N) is 1. The molecule has 0 amide bonds. The molecule has 0 unspecified atom stereocenters. The van der Waals surface area contributed by atoms with Crippen molar-refractivity contribution < 1.29 is 13.9 Å². The lowest BCUT2D eigenvalue weighted by Gasteiger charge is -2.29. The summed E-state index contributed by atoms with van der Waals surface area (Å²) in [5.41, 5.74) is 2.45. The molecular formula is C24H33F2NO. The van der Waals surface area contributed by atoms with Crippen molar-refractivity contribution in [3.05, 3.63) is 53.9 Å². The van der Waals surface area contributed by atoms with Crippen molar-refractivity contribution in [2.24, 2.45) is 5.92 Å². The van der Waals surface area contributed by atoms with E-state index in [0.717, 1.165) is 11.5 Å². The molecular weight excluding hydrogens is 356 g/mol. The summed E-state index contributed by atoms with van der Waals surface area (Å²) in [5.74, 6) is -0.0111. The van der Waals surface area contributed by atoms with Gasteiger partial charge in [-0.1, -0.05) is 56.9 Å². The van der Waals surface area contributed by atoms with E-state index in [0.29, 0.717) is 11.5 Å². The summed E-state index contributed by atoms with van der Waals surface area (Å²) >= 11 is 0. The van der Waals surface area contributed by atoms with Crippen molar-refractivity contribution in [1.29, 1.82) is 0 Å². The van der Waals surface area contributed by atoms with Crippen LogP contribution in [0.25, 0.3) is 11.1 Å². The average Bonchev–Trinajstić information content (AvgIpc) is 2.70. The molecule has 1 aliphatic rings. The van der Waals surface area contributed by atoms with Gasteiger partial charge in [0.05, 0.1) is 0 Å². The monoisotopic (exact) mass is 389 g/mol. The molecule has 154 valence electrons. The number of pyridine rings is 1. The molecule has 1 saturated carbocycles. The summed E-state index contributed by atoms with van der Waals surface area (Å²) in [6.07, 6.45) is 10.6. The van der Waals surface area contributed by atoms with E-state index in [1.807, 2.05) is 12.1 Å². The fourth-order valence-corrected chi connectivity index (χ4v) is 4.03. The molecule has 2 aromatic rings. The van der Waals surface area contributed by atoms with Crippen LogP contribution in [0.15, 0.2) is 36.4 Å². The first-order chi connectivity index (χ1) is 13.6. The number of aliphatic hydroxyl groups is 1. The van der Waals surface area contributed by atoms with E-state index >= 15 is 0 Å². The zero-order chi connectivity index (χ0) is 20.4. The molecule has 4 heteroatoms. The molecule has 0 atom stereocenters. The SMILES string of the molecule is CCCCC[C@H]1CC[C@H](c2ccc(-c3ccc(F)nc3F)cc2)CC1.CCO. The topological polar surface area (TPSA) is 33.1 Å². The van der Waals surface area contributed by atoms with Crippen LogP contribution in [0.1, 0.15) is 76.7 Å². The maximum Gasteiger partial charge on any atom is 0.223 e. The fraction of sp³-hybridized carbons (Fsp3) is 0.542. The number of aromatic nitrogens is 1. The molecule has 2 nitrogen and oxygen atoms in total. The van der Waals surface area contributed by atoms with E-state index in [1.54, 1.807) is 6.92 Å². The number of hydrogen-bond donors (Lipinski definition) is 1. The third-order valence-electron chi connectivity index (χ3n) is 5.57. The Morgan fingerprint density at radius 3 is 2.14 bits per heavy atom. The van der Waals surface area contributed by atoms with Gasteiger partial charge in [-0.25, -0.2) is 0 Å². The van der Waals surface area contributed by atoms with Gasteiger partial charge in [-0.3, -0.25) is 0 Å². The summed E-state index contributed by atoms with van der Waals surface area (Å²) in [5, 5.41) is 7.57. The first kappa shape index (κ1) is 22.5. The average molecular weight is 390 g/mol. The second-order valence-electron chi connectivity index (χ2n) is 7.62. The minimum Gasteiger partial charge on any atom is -0.397 e. The third kappa shape index (κ3) is 6.66. The predicted molar refractivity (Wildman–Crippen MR) is 111 cm³/mol. The molecule has 0 radical (unpaired) electrons. The van der Waals surface area contributed by atoms with Crippen LogP contribution in [0.5, 0.6) is 0 Å². The van der Waals surface area contributed by atoms with Gasteiger partial charge in [-0.05, 0) is 67.7 Å². The predicted octanol–water partition coefficient (Wildman–Crippen LogP) is 6.88. The van der Waals surface area contributed by atoms with Crippen molar-refractivity contribution in [3.63, 3.8) is 0 Å². The van der Waals surface area contributed by atoms with E-state index in [4.69, 9.17) is 5.11 Å². The van der Waals surface area contributed by atoms with E-state index < -0.39 is 11.9 Å². The van der Waals surface area contributed by atoms with E-state index in [9.17, 15) is 8.78 Å². The molecule has 1 heterocycles. The lowest BCUT2D eigenvalue weighted by atomic mass is 9.77. The van der Waals surface area contributed by atoms with Crippen LogP contribution >= 0.6 is 0 Å². The number of benzene rings is 1. The Hall–Kier alpha value is -1.81. The minimum atomic E-state index is -0.784. The zero-order valence-electron chi connectivity index (χ0n) is 17.1. The number of hydrogen-bond acceptors (Lipinski definition) is 2. The van der Waals surface area contributed by atoms with Gasteiger partial charge >= 0.3 is 0 Å². The van der Waals surface area contributed by atoms with Crippen LogP contribution in [-0.4, -0.2) is 16.7 Å². The van der Waals surface area contributed by atoms with Crippen molar-refractivity contribution in [3.8, 4) is 11.1 Å². The van der Waals surface area contributed by atoms with Gasteiger partial charge in [-0.15, -0.1) is 0 Å². The highest BCUT2D eigenvalue weighted by Crippen LogP contribution is 2.38. The largest absolute Gasteiger partial charge is 0.397 e. The summed E-state index contributed by atoms with van der Waals surface area (Å²) in [4.78, 5) is 3.27. The van der Waals surface area contributed by atoms with E-state index in [1.165, 1.54) is 69.1 Å². The van der Waals surface area contributed by atoms with Gasteiger partial charge in [-0.2, -0.15) is 13.8 Å². The van der Waals surface area contributed by atoms with Gasteiger partial charge in [0.2, 0.25) is 11.9 Å². The van der Waals surface area contributed by atoms with Crippen LogP contribution in [-0.2, 0) is 0 Å². The molecule has 0 aliphatic heterocycles. The molecule has 1 aromatic heterocycles. The van der Waals surface area contributed by atoms with E-state index in [-0.39, 0.29) is 6.61 Å². The highest BCUT2D eigenvalue weighted by atomic mass is 19.1. The van der Waals surface area contributed by atoms with Gasteiger partial charge < -0.3 is 5.11 Å². The van der Waals surface area contributed by atoms with Gasteiger partial charge in [0.25, 0.3) is 0 Å². The molecule has 0 saturated heterocycles. The maximum absolute atomic E-state index is 13.8. The maximum atomic E-state index is 13.8. The molecule has 1 aliphatic carbocycles. The van der Waals surface area contributed by atoms with E-state index in [2.05, 4.69) is 24.0 Å². The minimum absolute atomic E-state index is 0.250. The van der Waals surface area contributed by atoms with Gasteiger partial charge in [0.15, 0.2) is 0 Å². The Balaban J connectivity index is 0.000000878. The summed E-state index contributed by atoms with van der Waals surface area (Å²) in [7, 11) is 0. The molecule has 0 bridgehead atoms. The van der Waals surface area contributed by atoms with Crippen molar-refractivity contribution in [2.75, 3.05) is 6.61 Å². The molecule has 1 N–H and O–H groups in total. The second-order valence-corrected chi connectivity index (χ2v) is 7.62. The molecule has 0 spiro atoms. The fourth-order valence-electron chi connectivity index (χ4n) is 4.03. The number of aliphatic hydroxyl groups excluding tert-OH is 1. The smallest absolute Gasteiger partial charge is 0.223 e. The normalized spacial score (nSPS) is 19.0. The van der Waals surface area contributed by atoms with Crippen LogP contribution in [0.4, 0.5) is 8.78 Å². The Morgan fingerprint density at radius 2 is 1.57 bits per heavy atom.